The van der Waals surface area contributed by atoms with E-state index in [0.717, 1.165) is 0 Å². The van der Waals surface area contributed by atoms with Crippen LogP contribution in [0, 0.1) is 0 Å². The Morgan fingerprint density at radius 3 is 2.59 bits per heavy atom. The molecule has 1 rings (SSSR count). The molecule has 1 aliphatic heterocycles. The van der Waals surface area contributed by atoms with Crippen molar-refractivity contribution in [1.29, 1.82) is 0 Å². The molecule has 100 valence electrons. The van der Waals surface area contributed by atoms with Gasteiger partial charge in [-0.1, -0.05) is 0 Å². The lowest BCUT2D eigenvalue weighted by molar-refractivity contribution is -0.140. The highest BCUT2D eigenvalue weighted by Gasteiger charge is 2.25. The Labute approximate surface area is 106 Å². The summed E-state index contributed by atoms with van der Waals surface area (Å²) < 4.78 is 5.55. The Morgan fingerprint density at radius 2 is 2.06 bits per heavy atom. The fourth-order valence-electron chi connectivity index (χ4n) is 1.81. The molecule has 0 bridgehead atoms. The Bertz CT molecular complexity index is 242. The number of nitrogens with zero attached hydrogens (tertiary/aromatic N) is 1. The Kier molecular flexibility index (Phi) is 6.26. The second kappa shape index (κ2) is 7.20. The minimum atomic E-state index is -0.740. The highest BCUT2D eigenvalue weighted by atomic mass is 32.2. The van der Waals surface area contributed by atoms with Crippen molar-refractivity contribution in [2.45, 2.75) is 32.2 Å². The number of morpholine rings is 1. The number of carbonyl (C=O) groups excluding carboxylic acids is 1. The maximum Gasteiger partial charge on any atom is 0.232 e. The minimum absolute atomic E-state index is 0.0714. The van der Waals surface area contributed by atoms with Crippen LogP contribution >= 0.6 is 11.8 Å². The SMILES string of the molecule is CC1CN(C(=O)CSCC(O)CO)CC(C)O1. The second-order valence-corrected chi connectivity index (χ2v) is 5.44. The molecule has 0 aromatic rings. The predicted octanol–water partition coefficient (Wildman–Crippen LogP) is -0.291. The van der Waals surface area contributed by atoms with E-state index in [1.54, 1.807) is 4.90 Å². The molecule has 6 heteroatoms. The van der Waals surface area contributed by atoms with Crippen LogP contribution < -0.4 is 0 Å². The molecule has 0 aromatic carbocycles. The fraction of sp³-hybridized carbons (Fsp3) is 0.909. The topological polar surface area (TPSA) is 70.0 Å². The van der Waals surface area contributed by atoms with Crippen LogP contribution in [0.1, 0.15) is 13.8 Å². The summed E-state index contributed by atoms with van der Waals surface area (Å²) in [5.74, 6) is 0.802. The highest BCUT2D eigenvalue weighted by Crippen LogP contribution is 2.13. The normalized spacial score (nSPS) is 26.9. The van der Waals surface area contributed by atoms with E-state index < -0.39 is 6.10 Å². The molecule has 1 saturated heterocycles. The van der Waals surface area contributed by atoms with Gasteiger partial charge in [0.2, 0.25) is 5.91 Å². The van der Waals surface area contributed by atoms with Gasteiger partial charge in [0, 0.05) is 18.8 Å². The third-order valence-electron chi connectivity index (χ3n) is 2.52. The van der Waals surface area contributed by atoms with E-state index in [-0.39, 0.29) is 24.7 Å². The third-order valence-corrected chi connectivity index (χ3v) is 3.59. The van der Waals surface area contributed by atoms with Gasteiger partial charge in [-0.2, -0.15) is 0 Å². The second-order valence-electron chi connectivity index (χ2n) is 4.41. The largest absolute Gasteiger partial charge is 0.394 e. The number of hydrogen-bond donors (Lipinski definition) is 2. The lowest BCUT2D eigenvalue weighted by Gasteiger charge is -2.35. The van der Waals surface area contributed by atoms with Crippen LogP contribution in [0.3, 0.4) is 0 Å². The minimum Gasteiger partial charge on any atom is -0.394 e. The molecule has 17 heavy (non-hydrogen) atoms. The van der Waals surface area contributed by atoms with Gasteiger partial charge < -0.3 is 19.8 Å². The van der Waals surface area contributed by atoms with E-state index in [4.69, 9.17) is 14.9 Å². The summed E-state index contributed by atoms with van der Waals surface area (Å²) in [5, 5.41) is 17.8. The molecule has 0 aromatic heterocycles. The highest BCUT2D eigenvalue weighted by molar-refractivity contribution is 7.99. The summed E-state index contributed by atoms with van der Waals surface area (Å²) in [4.78, 5) is 13.7. The molecule has 0 aliphatic carbocycles. The summed E-state index contributed by atoms with van der Waals surface area (Å²) in [6, 6.07) is 0. The molecule has 0 saturated carbocycles. The first kappa shape index (κ1) is 14.8. The fourth-order valence-corrected chi connectivity index (χ4v) is 2.66. The lowest BCUT2D eigenvalue weighted by atomic mass is 10.2. The zero-order chi connectivity index (χ0) is 12.8. The standard InChI is InChI=1S/C11H21NO4S/c1-8-3-12(4-9(2)16-8)11(15)7-17-6-10(14)5-13/h8-10,13-14H,3-7H2,1-2H3. The number of aliphatic hydroxyl groups excluding tert-OH is 2. The average molecular weight is 263 g/mol. The van der Waals surface area contributed by atoms with Crippen molar-refractivity contribution in [3.8, 4) is 0 Å². The van der Waals surface area contributed by atoms with Gasteiger partial charge in [0.1, 0.15) is 0 Å². The Balaban J connectivity index is 2.27. The van der Waals surface area contributed by atoms with Crippen LogP contribution in [0.2, 0.25) is 0 Å². The van der Waals surface area contributed by atoms with Gasteiger partial charge in [-0.25, -0.2) is 0 Å². The van der Waals surface area contributed by atoms with Gasteiger partial charge in [-0.3, -0.25) is 4.79 Å². The van der Waals surface area contributed by atoms with Gasteiger partial charge in [0.05, 0.1) is 30.7 Å². The van der Waals surface area contributed by atoms with Crippen molar-refractivity contribution in [1.82, 2.24) is 4.90 Å². The predicted molar refractivity (Wildman–Crippen MR) is 67.0 cm³/mol. The Morgan fingerprint density at radius 1 is 1.47 bits per heavy atom. The maximum atomic E-state index is 11.9. The quantitative estimate of drug-likeness (QED) is 0.713. The molecular formula is C11H21NO4S. The van der Waals surface area contributed by atoms with Crippen molar-refractivity contribution in [2.75, 3.05) is 31.2 Å². The van der Waals surface area contributed by atoms with Crippen molar-refractivity contribution in [3.05, 3.63) is 0 Å². The molecule has 1 heterocycles. The van der Waals surface area contributed by atoms with Crippen molar-refractivity contribution >= 4 is 17.7 Å². The molecule has 0 radical (unpaired) electrons. The van der Waals surface area contributed by atoms with Crippen molar-refractivity contribution < 1.29 is 19.7 Å². The number of ether oxygens (including phenoxy) is 1. The zero-order valence-electron chi connectivity index (χ0n) is 10.3. The lowest BCUT2D eigenvalue weighted by Crippen LogP contribution is -2.48. The van der Waals surface area contributed by atoms with Crippen molar-refractivity contribution in [3.63, 3.8) is 0 Å². The molecule has 0 spiro atoms. The molecule has 2 N–H and O–H groups in total. The molecule has 1 fully saturated rings. The zero-order valence-corrected chi connectivity index (χ0v) is 11.2. The van der Waals surface area contributed by atoms with Crippen LogP contribution in [-0.4, -0.2) is 70.5 Å². The van der Waals surface area contributed by atoms with Crippen LogP contribution in [-0.2, 0) is 9.53 Å². The first-order valence-electron chi connectivity index (χ1n) is 5.82. The number of thioether (sulfide) groups is 1. The van der Waals surface area contributed by atoms with Gasteiger partial charge in [0.25, 0.3) is 0 Å². The van der Waals surface area contributed by atoms with E-state index in [0.29, 0.717) is 24.6 Å². The van der Waals surface area contributed by atoms with Gasteiger partial charge in [-0.05, 0) is 13.8 Å². The smallest absolute Gasteiger partial charge is 0.232 e. The number of rotatable bonds is 5. The molecule has 1 aliphatic rings. The van der Waals surface area contributed by atoms with Gasteiger partial charge in [0.15, 0.2) is 0 Å². The first-order chi connectivity index (χ1) is 8.02. The summed E-state index contributed by atoms with van der Waals surface area (Å²) in [7, 11) is 0. The summed E-state index contributed by atoms with van der Waals surface area (Å²) in [6.45, 7) is 4.92. The van der Waals surface area contributed by atoms with E-state index in [9.17, 15) is 4.79 Å². The van der Waals surface area contributed by atoms with E-state index in [2.05, 4.69) is 0 Å². The summed E-state index contributed by atoms with van der Waals surface area (Å²) >= 11 is 1.35. The number of aliphatic hydroxyl groups is 2. The number of hydrogen-bond acceptors (Lipinski definition) is 5. The molecule has 5 nitrogen and oxygen atoms in total. The summed E-state index contributed by atoms with van der Waals surface area (Å²) in [6.07, 6.45) is -0.582. The van der Waals surface area contributed by atoms with Gasteiger partial charge >= 0.3 is 0 Å². The molecular weight excluding hydrogens is 242 g/mol. The van der Waals surface area contributed by atoms with Gasteiger partial charge in [-0.15, -0.1) is 11.8 Å². The van der Waals surface area contributed by atoms with Crippen LogP contribution in [0.25, 0.3) is 0 Å². The van der Waals surface area contributed by atoms with E-state index in [1.807, 2.05) is 13.8 Å². The molecule has 3 unspecified atom stereocenters. The number of carbonyl (C=O) groups is 1. The molecule has 3 atom stereocenters. The van der Waals surface area contributed by atoms with Crippen LogP contribution in [0.5, 0.6) is 0 Å². The maximum absolute atomic E-state index is 11.9. The monoisotopic (exact) mass is 263 g/mol. The molecule has 1 amide bonds. The van der Waals surface area contributed by atoms with Crippen molar-refractivity contribution in [2.24, 2.45) is 0 Å². The van der Waals surface area contributed by atoms with Crippen LogP contribution in [0.15, 0.2) is 0 Å². The summed E-state index contributed by atoms with van der Waals surface area (Å²) in [5.41, 5.74) is 0. The van der Waals surface area contributed by atoms with E-state index in [1.165, 1.54) is 11.8 Å². The Hall–Kier alpha value is -0.300. The number of amides is 1. The van der Waals surface area contributed by atoms with E-state index >= 15 is 0 Å². The third kappa shape index (κ3) is 5.25. The average Bonchev–Trinajstić information content (AvgIpc) is 2.27. The van der Waals surface area contributed by atoms with Crippen LogP contribution in [0.4, 0.5) is 0 Å². The first-order valence-corrected chi connectivity index (χ1v) is 6.98.